The van der Waals surface area contributed by atoms with Crippen LogP contribution in [-0.2, 0) is 17.8 Å². The molecule has 0 radical (unpaired) electrons. The first-order valence-electron chi connectivity index (χ1n) is 15.0. The minimum Gasteiger partial charge on any atom is -0.488 e. The van der Waals surface area contributed by atoms with E-state index in [0.29, 0.717) is 31.3 Å². The first kappa shape index (κ1) is 28.5. The van der Waals surface area contributed by atoms with Gasteiger partial charge in [-0.2, -0.15) is 4.39 Å². The zero-order chi connectivity index (χ0) is 29.4. The van der Waals surface area contributed by atoms with Gasteiger partial charge in [0.25, 0.3) is 5.91 Å². The molecule has 1 heterocycles. The lowest BCUT2D eigenvalue weighted by Crippen LogP contribution is -2.36. The van der Waals surface area contributed by atoms with Crippen molar-refractivity contribution < 1.29 is 22.7 Å². The van der Waals surface area contributed by atoms with Crippen LogP contribution in [0.2, 0.25) is 0 Å². The van der Waals surface area contributed by atoms with E-state index < -0.39 is 23.2 Å². The summed E-state index contributed by atoms with van der Waals surface area (Å²) in [4.78, 5) is 16.5. The number of benzene rings is 3. The molecule has 0 aromatic heterocycles. The predicted octanol–water partition coefficient (Wildman–Crippen LogP) is 6.92. The fraction of sp³-hybridized carbons (Fsp3) is 0.400. The quantitative estimate of drug-likeness (QED) is 0.211. The van der Waals surface area contributed by atoms with Crippen LogP contribution in [0.5, 0.6) is 5.75 Å². The molecule has 0 unspecified atom stereocenters. The topological polar surface area (TPSA) is 41.6 Å². The first-order chi connectivity index (χ1) is 20.3. The van der Waals surface area contributed by atoms with Gasteiger partial charge in [-0.25, -0.2) is 8.78 Å². The van der Waals surface area contributed by atoms with Crippen molar-refractivity contribution in [2.24, 2.45) is 11.8 Å². The molecule has 1 amide bonds. The maximum Gasteiger partial charge on any atom is 0.250 e. The number of amides is 1. The number of fused-ring (bicyclic) bond motifs is 1. The molecule has 4 nitrogen and oxygen atoms in total. The van der Waals surface area contributed by atoms with E-state index in [1.165, 1.54) is 16.7 Å². The Hall–Kier alpha value is -3.58. The van der Waals surface area contributed by atoms with Gasteiger partial charge in [-0.05, 0) is 104 Å². The second kappa shape index (κ2) is 12.0. The maximum atomic E-state index is 14.3. The van der Waals surface area contributed by atoms with Crippen molar-refractivity contribution in [1.82, 2.24) is 10.2 Å². The highest BCUT2D eigenvalue weighted by atomic mass is 19.2. The number of nitrogens with zero attached hydrogens (tertiary/aromatic N) is 1. The van der Waals surface area contributed by atoms with E-state index in [4.69, 9.17) is 4.74 Å². The van der Waals surface area contributed by atoms with Crippen molar-refractivity contribution in [2.45, 2.75) is 58.5 Å². The van der Waals surface area contributed by atoms with E-state index in [1.807, 2.05) is 0 Å². The second-order valence-corrected chi connectivity index (χ2v) is 12.0. The van der Waals surface area contributed by atoms with Crippen molar-refractivity contribution >= 4 is 11.5 Å². The highest BCUT2D eigenvalue weighted by Crippen LogP contribution is 2.46. The Labute approximate surface area is 245 Å². The SMILES string of the molecule is Cc1cccc(CN(C(=O)C2=C(c3ccc(CCCOc4c(F)ccc(F)c4F)cc3)C[C@H]3CNC[C@@H]23)C2CC2)c1C. The highest BCUT2D eigenvalue weighted by Gasteiger charge is 2.44. The lowest BCUT2D eigenvalue weighted by molar-refractivity contribution is -0.128. The summed E-state index contributed by atoms with van der Waals surface area (Å²) in [6.07, 6.45) is 4.17. The van der Waals surface area contributed by atoms with Crippen LogP contribution in [0.25, 0.3) is 5.57 Å². The lowest BCUT2D eigenvalue weighted by atomic mass is 9.93. The maximum absolute atomic E-state index is 14.3. The molecule has 1 aliphatic heterocycles. The monoisotopic (exact) mass is 574 g/mol. The first-order valence-corrected chi connectivity index (χ1v) is 15.0. The molecule has 1 saturated heterocycles. The average molecular weight is 575 g/mol. The van der Waals surface area contributed by atoms with Crippen molar-refractivity contribution in [3.8, 4) is 5.75 Å². The van der Waals surface area contributed by atoms with Gasteiger partial charge in [-0.3, -0.25) is 4.79 Å². The molecule has 42 heavy (non-hydrogen) atoms. The normalized spacial score (nSPS) is 19.7. The molecule has 1 saturated carbocycles. The molecule has 7 heteroatoms. The number of nitrogens with one attached hydrogen (secondary N) is 1. The number of carbonyl (C=O) groups is 1. The number of ether oxygens (including phenoxy) is 1. The molecule has 3 aliphatic rings. The van der Waals surface area contributed by atoms with E-state index in [1.54, 1.807) is 0 Å². The molecule has 3 aromatic carbocycles. The van der Waals surface area contributed by atoms with E-state index in [9.17, 15) is 18.0 Å². The molecule has 2 atom stereocenters. The number of aryl methyl sites for hydroxylation is 2. The highest BCUT2D eigenvalue weighted by molar-refractivity contribution is 6.03. The zero-order valence-corrected chi connectivity index (χ0v) is 24.2. The standard InChI is InChI=1S/C35H37F3N2O2/c1-21-5-3-7-25(22(21)2)20-40(27-12-13-27)35(41)32-28(17-26-18-39-19-29(26)32)24-10-8-23(9-11-24)6-4-16-42-34-31(37)15-14-30(36)33(34)38/h3,5,7-11,14-15,26-27,29,39H,4,6,12-13,16-20H2,1-2H3/t26-,29+/m0/s1. The van der Waals surface area contributed by atoms with Crippen LogP contribution in [0.15, 0.2) is 60.2 Å². The van der Waals surface area contributed by atoms with Gasteiger partial charge in [0.05, 0.1) is 6.61 Å². The fourth-order valence-electron chi connectivity index (χ4n) is 6.48. The Bertz CT molecular complexity index is 1510. The van der Waals surface area contributed by atoms with E-state index >= 15 is 0 Å². The molecule has 0 bridgehead atoms. The molecule has 220 valence electrons. The van der Waals surface area contributed by atoms with Crippen LogP contribution in [0.4, 0.5) is 13.2 Å². The van der Waals surface area contributed by atoms with Crippen molar-refractivity contribution in [3.05, 3.63) is 105 Å². The largest absolute Gasteiger partial charge is 0.488 e. The van der Waals surface area contributed by atoms with Gasteiger partial charge in [0.15, 0.2) is 17.4 Å². The number of halogens is 3. The van der Waals surface area contributed by atoms with Gasteiger partial charge in [0.1, 0.15) is 0 Å². The lowest BCUT2D eigenvalue weighted by Gasteiger charge is -2.27. The summed E-state index contributed by atoms with van der Waals surface area (Å²) in [5.41, 5.74) is 8.00. The Morgan fingerprint density at radius 3 is 2.50 bits per heavy atom. The van der Waals surface area contributed by atoms with Crippen LogP contribution < -0.4 is 10.1 Å². The molecule has 3 aromatic rings. The van der Waals surface area contributed by atoms with Crippen LogP contribution in [0.1, 0.15) is 53.5 Å². The Kier molecular flexibility index (Phi) is 8.13. The summed E-state index contributed by atoms with van der Waals surface area (Å²) in [5, 5.41) is 3.51. The van der Waals surface area contributed by atoms with Gasteiger partial charge in [-0.15, -0.1) is 0 Å². The van der Waals surface area contributed by atoms with Gasteiger partial charge >= 0.3 is 0 Å². The predicted molar refractivity (Wildman–Crippen MR) is 157 cm³/mol. The third-order valence-electron chi connectivity index (χ3n) is 9.20. The molecule has 2 fully saturated rings. The molecule has 6 rings (SSSR count). The van der Waals surface area contributed by atoms with Crippen LogP contribution in [-0.4, -0.2) is 36.5 Å². The molecule has 0 spiro atoms. The van der Waals surface area contributed by atoms with Crippen LogP contribution >= 0.6 is 0 Å². The van der Waals surface area contributed by atoms with E-state index in [0.717, 1.165) is 66.8 Å². The van der Waals surface area contributed by atoms with Crippen molar-refractivity contribution in [2.75, 3.05) is 19.7 Å². The molecule has 1 N–H and O–H groups in total. The minimum atomic E-state index is -1.30. The number of hydrogen-bond donors (Lipinski definition) is 1. The van der Waals surface area contributed by atoms with Crippen LogP contribution in [0.3, 0.4) is 0 Å². The Morgan fingerprint density at radius 1 is 0.976 bits per heavy atom. The van der Waals surface area contributed by atoms with E-state index in [2.05, 4.69) is 66.5 Å². The summed E-state index contributed by atoms with van der Waals surface area (Å²) >= 11 is 0. The molecule has 2 aliphatic carbocycles. The summed E-state index contributed by atoms with van der Waals surface area (Å²) in [7, 11) is 0. The number of hydrogen-bond acceptors (Lipinski definition) is 3. The number of rotatable bonds is 10. The third-order valence-corrected chi connectivity index (χ3v) is 9.20. The summed E-state index contributed by atoms with van der Waals surface area (Å²) in [6.45, 7) is 6.73. The van der Waals surface area contributed by atoms with Gasteiger partial charge < -0.3 is 15.0 Å². The van der Waals surface area contributed by atoms with Gasteiger partial charge in [0, 0.05) is 30.6 Å². The third kappa shape index (κ3) is 5.71. The molecular weight excluding hydrogens is 537 g/mol. The number of carbonyl (C=O) groups excluding carboxylic acids is 1. The average Bonchev–Trinajstić information content (AvgIpc) is 3.61. The summed E-state index contributed by atoms with van der Waals surface area (Å²) in [6, 6.07) is 16.5. The smallest absolute Gasteiger partial charge is 0.250 e. The van der Waals surface area contributed by atoms with Gasteiger partial charge in [0.2, 0.25) is 5.82 Å². The van der Waals surface area contributed by atoms with Crippen molar-refractivity contribution in [3.63, 3.8) is 0 Å². The second-order valence-electron chi connectivity index (χ2n) is 12.0. The summed E-state index contributed by atoms with van der Waals surface area (Å²) in [5.74, 6) is -3.18. The van der Waals surface area contributed by atoms with Crippen LogP contribution in [0, 0.1) is 43.1 Å². The molecular formula is C35H37F3N2O2. The van der Waals surface area contributed by atoms with Crippen molar-refractivity contribution in [1.29, 1.82) is 0 Å². The van der Waals surface area contributed by atoms with Gasteiger partial charge in [-0.1, -0.05) is 42.5 Å². The Morgan fingerprint density at radius 2 is 1.74 bits per heavy atom. The fourth-order valence-corrected chi connectivity index (χ4v) is 6.48. The zero-order valence-electron chi connectivity index (χ0n) is 24.2. The summed E-state index contributed by atoms with van der Waals surface area (Å²) < 4.78 is 46.3. The minimum absolute atomic E-state index is 0.0661. The Balaban J connectivity index is 1.18. The number of allylic oxidation sites excluding steroid dienone is 1. The van der Waals surface area contributed by atoms with E-state index in [-0.39, 0.29) is 18.4 Å².